The summed E-state index contributed by atoms with van der Waals surface area (Å²) in [5.41, 5.74) is -5.74. The molecule has 0 fully saturated rings. The Morgan fingerprint density at radius 1 is 0.833 bits per heavy atom. The summed E-state index contributed by atoms with van der Waals surface area (Å²) in [7, 11) is 0. The van der Waals surface area contributed by atoms with Crippen LogP contribution in [-0.4, -0.2) is 12.4 Å². The molecular formula is C11H9F6O-. The van der Waals surface area contributed by atoms with Gasteiger partial charge in [0.15, 0.2) is 0 Å². The molecule has 0 N–H and O–H groups in total. The van der Waals surface area contributed by atoms with Crippen molar-refractivity contribution in [2.24, 2.45) is 0 Å². The molecule has 102 valence electrons. The van der Waals surface area contributed by atoms with Crippen LogP contribution in [0.1, 0.15) is 16.7 Å². The number of halogens is 6. The SMILES string of the molecule is Cc1ccc(C([O-])(C(F)(F)F)C(F)(F)F)cc1C. The van der Waals surface area contributed by atoms with E-state index in [1.165, 1.54) is 13.8 Å². The lowest BCUT2D eigenvalue weighted by Crippen LogP contribution is -2.63. The quantitative estimate of drug-likeness (QED) is 0.720. The van der Waals surface area contributed by atoms with E-state index in [9.17, 15) is 31.4 Å². The van der Waals surface area contributed by atoms with E-state index in [1.807, 2.05) is 0 Å². The smallest absolute Gasteiger partial charge is 0.392 e. The van der Waals surface area contributed by atoms with Crippen LogP contribution in [0.25, 0.3) is 0 Å². The van der Waals surface area contributed by atoms with Gasteiger partial charge in [-0.3, -0.25) is 0 Å². The van der Waals surface area contributed by atoms with Crippen LogP contribution < -0.4 is 5.11 Å². The Morgan fingerprint density at radius 2 is 1.28 bits per heavy atom. The molecule has 0 saturated carbocycles. The molecule has 0 bridgehead atoms. The summed E-state index contributed by atoms with van der Waals surface area (Å²) in [5, 5.41) is 11.4. The van der Waals surface area contributed by atoms with E-state index in [0.717, 1.165) is 6.07 Å². The molecule has 7 heteroatoms. The van der Waals surface area contributed by atoms with Gasteiger partial charge in [-0.25, -0.2) is 0 Å². The Kier molecular flexibility index (Phi) is 3.42. The van der Waals surface area contributed by atoms with Gasteiger partial charge in [-0.05, 0) is 30.5 Å². The van der Waals surface area contributed by atoms with Crippen molar-refractivity contribution in [3.8, 4) is 0 Å². The molecule has 0 heterocycles. The molecule has 0 aliphatic carbocycles. The van der Waals surface area contributed by atoms with Gasteiger partial charge in [0.25, 0.3) is 0 Å². The lowest BCUT2D eigenvalue weighted by Gasteiger charge is -2.43. The second-order valence-corrected chi connectivity index (χ2v) is 3.98. The van der Waals surface area contributed by atoms with Crippen LogP contribution in [0.3, 0.4) is 0 Å². The molecule has 0 aliphatic rings. The van der Waals surface area contributed by atoms with Gasteiger partial charge in [0.05, 0.1) is 0 Å². The summed E-state index contributed by atoms with van der Waals surface area (Å²) in [6, 6.07) is 2.26. The number of hydrogen-bond donors (Lipinski definition) is 0. The Balaban J connectivity index is 3.51. The third kappa shape index (κ3) is 2.19. The zero-order valence-corrected chi connectivity index (χ0v) is 9.41. The van der Waals surface area contributed by atoms with Gasteiger partial charge in [-0.2, -0.15) is 26.3 Å². The van der Waals surface area contributed by atoms with E-state index >= 15 is 0 Å². The monoisotopic (exact) mass is 271 g/mol. The number of hydrogen-bond acceptors (Lipinski definition) is 1. The number of benzene rings is 1. The predicted molar refractivity (Wildman–Crippen MR) is 49.7 cm³/mol. The molecule has 0 atom stereocenters. The molecular weight excluding hydrogens is 262 g/mol. The van der Waals surface area contributed by atoms with Crippen molar-refractivity contribution in [1.82, 2.24) is 0 Å². The summed E-state index contributed by atoms with van der Waals surface area (Å²) >= 11 is 0. The van der Waals surface area contributed by atoms with Crippen molar-refractivity contribution < 1.29 is 31.4 Å². The summed E-state index contributed by atoms with van der Waals surface area (Å²) in [6.45, 7) is 2.86. The first-order valence-electron chi connectivity index (χ1n) is 4.83. The van der Waals surface area contributed by atoms with E-state index in [4.69, 9.17) is 0 Å². The maximum atomic E-state index is 12.5. The van der Waals surface area contributed by atoms with Crippen LogP contribution >= 0.6 is 0 Å². The third-order valence-corrected chi connectivity index (χ3v) is 2.71. The van der Waals surface area contributed by atoms with E-state index in [-0.39, 0.29) is 5.56 Å². The van der Waals surface area contributed by atoms with Crippen molar-refractivity contribution in [3.63, 3.8) is 0 Å². The minimum Gasteiger partial charge on any atom is -0.833 e. The molecule has 0 aromatic heterocycles. The molecule has 0 aliphatic heterocycles. The van der Waals surface area contributed by atoms with Gasteiger partial charge in [-0.1, -0.05) is 18.2 Å². The first kappa shape index (κ1) is 14.8. The van der Waals surface area contributed by atoms with Crippen LogP contribution in [0.4, 0.5) is 26.3 Å². The van der Waals surface area contributed by atoms with Crippen molar-refractivity contribution >= 4 is 0 Å². The fourth-order valence-electron chi connectivity index (χ4n) is 1.45. The summed E-state index contributed by atoms with van der Waals surface area (Å²) in [6.07, 6.45) is -11.9. The molecule has 1 aromatic rings. The van der Waals surface area contributed by atoms with Gasteiger partial charge in [0, 0.05) is 0 Å². The summed E-state index contributed by atoms with van der Waals surface area (Å²) in [5.74, 6) is 0. The first-order valence-corrected chi connectivity index (χ1v) is 4.83. The third-order valence-electron chi connectivity index (χ3n) is 2.71. The summed E-state index contributed by atoms with van der Waals surface area (Å²) in [4.78, 5) is 0. The average Bonchev–Trinajstić information content (AvgIpc) is 2.17. The molecule has 1 aromatic carbocycles. The van der Waals surface area contributed by atoms with E-state index in [2.05, 4.69) is 0 Å². The lowest BCUT2D eigenvalue weighted by atomic mass is 9.90. The molecule has 1 rings (SSSR count). The number of alkyl halides is 6. The van der Waals surface area contributed by atoms with E-state index < -0.39 is 23.5 Å². The standard InChI is InChI=1S/C11H9F6O/c1-6-3-4-8(5-7(6)2)9(18,10(12,13)14)11(15,16)17/h3-5H,1-2H3/q-1. The summed E-state index contributed by atoms with van der Waals surface area (Å²) < 4.78 is 74.9. The number of aryl methyl sites for hydroxylation is 2. The Labute approximate surface area is 99.0 Å². The minimum atomic E-state index is -5.95. The van der Waals surface area contributed by atoms with Gasteiger partial charge < -0.3 is 5.11 Å². The van der Waals surface area contributed by atoms with Crippen LogP contribution in [0, 0.1) is 13.8 Å². The highest BCUT2D eigenvalue weighted by atomic mass is 19.4. The molecule has 0 amide bonds. The van der Waals surface area contributed by atoms with Gasteiger partial charge in [0.2, 0.25) is 0 Å². The van der Waals surface area contributed by atoms with Crippen LogP contribution in [0.15, 0.2) is 18.2 Å². The van der Waals surface area contributed by atoms with Gasteiger partial charge >= 0.3 is 12.4 Å². The van der Waals surface area contributed by atoms with Crippen molar-refractivity contribution in [2.75, 3.05) is 0 Å². The highest BCUT2D eigenvalue weighted by Gasteiger charge is 2.62. The Hall–Kier alpha value is -1.24. The van der Waals surface area contributed by atoms with Crippen LogP contribution in [-0.2, 0) is 5.60 Å². The molecule has 0 radical (unpaired) electrons. The molecule has 1 nitrogen and oxygen atoms in total. The van der Waals surface area contributed by atoms with E-state index in [1.54, 1.807) is 0 Å². The normalized spacial score (nSPS) is 13.8. The second-order valence-electron chi connectivity index (χ2n) is 3.98. The maximum absolute atomic E-state index is 12.5. The average molecular weight is 271 g/mol. The molecule has 0 spiro atoms. The lowest BCUT2D eigenvalue weighted by molar-refractivity contribution is -0.604. The highest BCUT2D eigenvalue weighted by Crippen LogP contribution is 2.47. The fourth-order valence-corrected chi connectivity index (χ4v) is 1.45. The van der Waals surface area contributed by atoms with Gasteiger partial charge in [0.1, 0.15) is 5.60 Å². The molecule has 0 saturated heterocycles. The Bertz CT molecular complexity index is 432. The van der Waals surface area contributed by atoms with Crippen LogP contribution in [0.5, 0.6) is 0 Å². The van der Waals surface area contributed by atoms with Crippen LogP contribution in [0.2, 0.25) is 0 Å². The largest absolute Gasteiger partial charge is 0.833 e. The molecule has 18 heavy (non-hydrogen) atoms. The van der Waals surface area contributed by atoms with E-state index in [0.29, 0.717) is 17.7 Å². The predicted octanol–water partition coefficient (Wildman–Crippen LogP) is 2.98. The van der Waals surface area contributed by atoms with Crippen molar-refractivity contribution in [1.29, 1.82) is 0 Å². The van der Waals surface area contributed by atoms with Crippen molar-refractivity contribution in [2.45, 2.75) is 31.8 Å². The highest BCUT2D eigenvalue weighted by molar-refractivity contribution is 5.34. The topological polar surface area (TPSA) is 23.1 Å². The second kappa shape index (κ2) is 4.15. The van der Waals surface area contributed by atoms with Gasteiger partial charge in [-0.15, -0.1) is 0 Å². The first-order chi connectivity index (χ1) is 7.91. The zero-order valence-electron chi connectivity index (χ0n) is 9.41. The zero-order chi connectivity index (χ0) is 14.4. The Morgan fingerprint density at radius 3 is 1.61 bits per heavy atom. The fraction of sp³-hybridized carbons (Fsp3) is 0.455. The van der Waals surface area contributed by atoms with Crippen molar-refractivity contribution in [3.05, 3.63) is 34.9 Å². The maximum Gasteiger partial charge on any atom is 0.392 e. The minimum absolute atomic E-state index is 0.196. The number of rotatable bonds is 1. The molecule has 0 unspecified atom stereocenters.